The molecule has 2 atom stereocenters. The minimum atomic E-state index is -2.98. The van der Waals surface area contributed by atoms with Gasteiger partial charge >= 0.3 is 5.97 Å². The Bertz CT molecular complexity index is 1390. The first-order chi connectivity index (χ1) is 17.8. The van der Waals surface area contributed by atoms with Crippen LogP contribution in [0.1, 0.15) is 47.4 Å². The van der Waals surface area contributed by atoms with E-state index in [9.17, 15) is 13.2 Å². The average Bonchev–Trinajstić information content (AvgIpc) is 3.69. The topological polar surface area (TPSA) is 89.9 Å². The molecule has 0 bridgehead atoms. The fourth-order valence-corrected chi connectivity index (χ4v) is 5.75. The molecule has 5 rings (SSSR count). The Hall–Kier alpha value is -3.32. The van der Waals surface area contributed by atoms with Crippen molar-refractivity contribution in [3.63, 3.8) is 0 Å². The van der Waals surface area contributed by atoms with Gasteiger partial charge in [-0.1, -0.05) is 30.3 Å². The first kappa shape index (κ1) is 25.3. The number of sulfone groups is 1. The van der Waals surface area contributed by atoms with Crippen molar-refractivity contribution in [3.05, 3.63) is 82.9 Å². The highest BCUT2D eigenvalue weighted by molar-refractivity contribution is 7.90. The van der Waals surface area contributed by atoms with E-state index in [2.05, 4.69) is 30.3 Å². The van der Waals surface area contributed by atoms with Gasteiger partial charge in [-0.05, 0) is 102 Å². The van der Waals surface area contributed by atoms with Gasteiger partial charge in [-0.2, -0.15) is 0 Å². The van der Waals surface area contributed by atoms with Crippen molar-refractivity contribution in [3.8, 4) is 22.6 Å². The van der Waals surface area contributed by atoms with Gasteiger partial charge in [-0.15, -0.1) is 0 Å². The molecule has 1 fully saturated rings. The molecule has 0 saturated heterocycles. The molecule has 0 heterocycles. The van der Waals surface area contributed by atoms with Crippen molar-refractivity contribution >= 4 is 15.8 Å². The summed E-state index contributed by atoms with van der Waals surface area (Å²) in [6, 6.07) is 20.5. The number of ether oxygens (including phenoxy) is 2. The average molecular weight is 521 g/mol. The highest BCUT2D eigenvalue weighted by Crippen LogP contribution is 2.47. The standard InChI is InChI=1S/C30H32O6S/c1-37(33,34)15-3-14-35-25-12-13-26-23(17-25)5-2-4-21-7-6-20(16-27(21)26)19-36-24-10-8-22(9-11-24)28-18-29(28)30(31)32/h6-13,16-17,28-29H,2-5,14-15,18-19H2,1H3,(H,31,32). The lowest BCUT2D eigenvalue weighted by atomic mass is 9.95. The van der Waals surface area contributed by atoms with Gasteiger partial charge in [0.1, 0.15) is 27.9 Å². The third-order valence-electron chi connectivity index (χ3n) is 7.18. The second-order valence-corrected chi connectivity index (χ2v) is 12.4. The van der Waals surface area contributed by atoms with Gasteiger partial charge in [0, 0.05) is 6.26 Å². The van der Waals surface area contributed by atoms with Gasteiger partial charge in [-0.25, -0.2) is 8.42 Å². The zero-order valence-corrected chi connectivity index (χ0v) is 21.8. The number of hydrogen-bond acceptors (Lipinski definition) is 5. The van der Waals surface area contributed by atoms with Crippen LogP contribution in [0.5, 0.6) is 11.5 Å². The summed E-state index contributed by atoms with van der Waals surface area (Å²) in [5.41, 5.74) is 7.14. The van der Waals surface area contributed by atoms with E-state index in [1.807, 2.05) is 30.3 Å². The lowest BCUT2D eigenvalue weighted by Crippen LogP contribution is -2.08. The molecule has 0 aliphatic heterocycles. The van der Waals surface area contributed by atoms with Gasteiger partial charge in [-0.3, -0.25) is 4.79 Å². The van der Waals surface area contributed by atoms with Gasteiger partial charge in [0.25, 0.3) is 0 Å². The molecule has 2 aliphatic rings. The first-order valence-electron chi connectivity index (χ1n) is 12.8. The minimum Gasteiger partial charge on any atom is -0.494 e. The van der Waals surface area contributed by atoms with E-state index < -0.39 is 15.8 Å². The zero-order valence-electron chi connectivity index (χ0n) is 21.0. The predicted molar refractivity (Wildman–Crippen MR) is 143 cm³/mol. The zero-order chi connectivity index (χ0) is 26.0. The molecule has 0 aromatic heterocycles. The van der Waals surface area contributed by atoms with Crippen LogP contribution >= 0.6 is 0 Å². The fourth-order valence-electron chi connectivity index (χ4n) is 5.11. The summed E-state index contributed by atoms with van der Waals surface area (Å²) in [6.07, 6.45) is 5.47. The van der Waals surface area contributed by atoms with E-state index in [0.717, 1.165) is 41.9 Å². The molecule has 0 spiro atoms. The Balaban J connectivity index is 1.25. The Morgan fingerprint density at radius 2 is 1.68 bits per heavy atom. The van der Waals surface area contributed by atoms with Crippen LogP contribution in [0.15, 0.2) is 60.7 Å². The monoisotopic (exact) mass is 520 g/mol. The molecule has 6 nitrogen and oxygen atoms in total. The van der Waals surface area contributed by atoms with Crippen LogP contribution in [0.25, 0.3) is 11.1 Å². The SMILES string of the molecule is CS(=O)(=O)CCCOc1ccc2c(c1)CCCc1ccc(COc3ccc(C4CC4C(=O)O)cc3)cc1-2. The Morgan fingerprint density at radius 3 is 2.41 bits per heavy atom. The van der Waals surface area contributed by atoms with E-state index in [1.54, 1.807) is 0 Å². The molecule has 3 aromatic rings. The smallest absolute Gasteiger partial charge is 0.307 e. The van der Waals surface area contributed by atoms with Crippen LogP contribution in [0.3, 0.4) is 0 Å². The molecular weight excluding hydrogens is 488 g/mol. The maximum absolute atomic E-state index is 11.3. The maximum Gasteiger partial charge on any atom is 0.307 e. The number of carboxylic acids is 1. The molecule has 1 saturated carbocycles. The van der Waals surface area contributed by atoms with E-state index in [4.69, 9.17) is 14.6 Å². The maximum atomic E-state index is 11.3. The third-order valence-corrected chi connectivity index (χ3v) is 8.21. The lowest BCUT2D eigenvalue weighted by molar-refractivity contribution is -0.138. The summed E-state index contributed by atoms with van der Waals surface area (Å²) in [5.74, 6) is 0.824. The molecule has 0 amide bonds. The van der Waals surface area contributed by atoms with Crippen molar-refractivity contribution < 1.29 is 27.8 Å². The quantitative estimate of drug-likeness (QED) is 0.359. The van der Waals surface area contributed by atoms with Crippen LogP contribution in [-0.2, 0) is 34.1 Å². The number of benzene rings is 3. The summed E-state index contributed by atoms with van der Waals surface area (Å²) >= 11 is 0. The largest absolute Gasteiger partial charge is 0.494 e. The van der Waals surface area contributed by atoms with Crippen LogP contribution in [0, 0.1) is 5.92 Å². The summed E-state index contributed by atoms with van der Waals surface area (Å²) < 4.78 is 34.6. The number of carbonyl (C=O) groups is 1. The highest BCUT2D eigenvalue weighted by Gasteiger charge is 2.44. The van der Waals surface area contributed by atoms with E-state index in [1.165, 1.54) is 28.5 Å². The summed E-state index contributed by atoms with van der Waals surface area (Å²) in [4.78, 5) is 11.1. The Labute approximate surface area is 218 Å². The number of rotatable bonds is 10. The Morgan fingerprint density at radius 1 is 0.919 bits per heavy atom. The summed E-state index contributed by atoms with van der Waals surface area (Å²) in [5, 5.41) is 9.15. The van der Waals surface area contributed by atoms with Crippen molar-refractivity contribution in [1.82, 2.24) is 0 Å². The van der Waals surface area contributed by atoms with Crippen LogP contribution < -0.4 is 9.47 Å². The van der Waals surface area contributed by atoms with Gasteiger partial charge in [0.15, 0.2) is 0 Å². The van der Waals surface area contributed by atoms with Crippen molar-refractivity contribution in [1.29, 1.82) is 0 Å². The van der Waals surface area contributed by atoms with Crippen molar-refractivity contribution in [2.75, 3.05) is 18.6 Å². The molecule has 7 heteroatoms. The number of aliphatic carboxylic acids is 1. The van der Waals surface area contributed by atoms with E-state index >= 15 is 0 Å². The molecule has 194 valence electrons. The Kier molecular flexibility index (Phi) is 7.24. The number of aryl methyl sites for hydroxylation is 2. The number of hydrogen-bond donors (Lipinski definition) is 1. The second-order valence-electron chi connectivity index (χ2n) is 10.1. The van der Waals surface area contributed by atoms with Crippen molar-refractivity contribution in [2.45, 2.75) is 44.6 Å². The number of carboxylic acid groups (broad SMARTS) is 1. The minimum absolute atomic E-state index is 0.120. The molecule has 2 unspecified atom stereocenters. The normalized spacial score (nSPS) is 18.3. The van der Waals surface area contributed by atoms with Gasteiger partial charge in [0.05, 0.1) is 18.3 Å². The van der Waals surface area contributed by atoms with Crippen LogP contribution in [0.2, 0.25) is 0 Å². The molecule has 0 radical (unpaired) electrons. The number of fused-ring (bicyclic) bond motifs is 3. The molecule has 1 N–H and O–H groups in total. The van der Waals surface area contributed by atoms with E-state index in [-0.39, 0.29) is 17.6 Å². The molecule has 3 aromatic carbocycles. The third kappa shape index (κ3) is 6.34. The fraction of sp³-hybridized carbons (Fsp3) is 0.367. The predicted octanol–water partition coefficient (Wildman–Crippen LogP) is 5.42. The summed E-state index contributed by atoms with van der Waals surface area (Å²) in [6.45, 7) is 0.830. The highest BCUT2D eigenvalue weighted by atomic mass is 32.2. The van der Waals surface area contributed by atoms with Crippen molar-refractivity contribution in [2.24, 2.45) is 5.92 Å². The summed E-state index contributed by atoms with van der Waals surface area (Å²) in [7, 11) is -2.98. The second kappa shape index (κ2) is 10.6. The lowest BCUT2D eigenvalue weighted by Gasteiger charge is -2.14. The molecule has 2 aliphatic carbocycles. The van der Waals surface area contributed by atoms with E-state index in [0.29, 0.717) is 26.1 Å². The molecule has 37 heavy (non-hydrogen) atoms. The van der Waals surface area contributed by atoms with Gasteiger partial charge in [0.2, 0.25) is 0 Å². The first-order valence-corrected chi connectivity index (χ1v) is 14.8. The van der Waals surface area contributed by atoms with Crippen LogP contribution in [0.4, 0.5) is 0 Å². The molecular formula is C30H32O6S. The van der Waals surface area contributed by atoms with Gasteiger partial charge < -0.3 is 14.6 Å². The van der Waals surface area contributed by atoms with Crippen LogP contribution in [-0.4, -0.2) is 38.1 Å².